The van der Waals surface area contributed by atoms with Gasteiger partial charge in [-0.1, -0.05) is 41.9 Å². The molecule has 1 aliphatic carbocycles. The molecule has 21 heavy (non-hydrogen) atoms. The summed E-state index contributed by atoms with van der Waals surface area (Å²) < 4.78 is 1.05. The first-order valence-electron chi connectivity index (χ1n) is 7.05. The van der Waals surface area contributed by atoms with E-state index in [-0.39, 0.29) is 11.2 Å². The first-order valence-corrected chi connectivity index (χ1v) is 7.85. The fraction of sp³-hybridized carbons (Fsp3) is 0.353. The van der Waals surface area contributed by atoms with Gasteiger partial charge in [0.2, 0.25) is 0 Å². The maximum Gasteiger partial charge on any atom is 0.166 e. The van der Waals surface area contributed by atoms with Crippen molar-refractivity contribution in [2.75, 3.05) is 0 Å². The van der Waals surface area contributed by atoms with Crippen LogP contribution in [0.4, 0.5) is 0 Å². The summed E-state index contributed by atoms with van der Waals surface area (Å²) in [4.78, 5) is 21.1. The van der Waals surface area contributed by atoms with Gasteiger partial charge in [-0.3, -0.25) is 4.79 Å². The van der Waals surface area contributed by atoms with Crippen LogP contribution in [0.1, 0.15) is 47.7 Å². The minimum absolute atomic E-state index is 0.00845. The molecule has 0 radical (unpaired) electrons. The third-order valence-corrected chi connectivity index (χ3v) is 4.25. The molecule has 1 heterocycles. The second kappa shape index (κ2) is 5.34. The topological polar surface area (TPSA) is 42.9 Å². The molecule has 0 saturated heterocycles. The highest BCUT2D eigenvalue weighted by Gasteiger charge is 2.32. The van der Waals surface area contributed by atoms with E-state index in [1.807, 2.05) is 12.1 Å². The minimum Gasteiger partial charge on any atom is -0.294 e. The zero-order valence-electron chi connectivity index (χ0n) is 12.2. The van der Waals surface area contributed by atoms with Crippen molar-refractivity contribution in [2.24, 2.45) is 5.41 Å². The maximum atomic E-state index is 12.1. The Morgan fingerprint density at radius 2 is 2.10 bits per heavy atom. The summed E-state index contributed by atoms with van der Waals surface area (Å²) >= 11 is 3.47. The summed E-state index contributed by atoms with van der Waals surface area (Å²) in [7, 11) is 0. The van der Waals surface area contributed by atoms with Gasteiger partial charge in [0.15, 0.2) is 5.78 Å². The van der Waals surface area contributed by atoms with Gasteiger partial charge < -0.3 is 0 Å². The lowest BCUT2D eigenvalue weighted by Gasteiger charge is -2.29. The van der Waals surface area contributed by atoms with E-state index < -0.39 is 0 Å². The second-order valence-corrected chi connectivity index (χ2v) is 7.31. The number of hydrogen-bond donors (Lipinski definition) is 0. The first-order chi connectivity index (χ1) is 9.93. The molecule has 0 spiro atoms. The largest absolute Gasteiger partial charge is 0.294 e. The van der Waals surface area contributed by atoms with Gasteiger partial charge in [-0.05, 0) is 29.5 Å². The fourth-order valence-corrected chi connectivity index (χ4v) is 3.23. The van der Waals surface area contributed by atoms with E-state index in [9.17, 15) is 4.79 Å². The number of fused-ring (bicyclic) bond motifs is 1. The van der Waals surface area contributed by atoms with Crippen molar-refractivity contribution in [3.8, 4) is 0 Å². The summed E-state index contributed by atoms with van der Waals surface area (Å²) in [5, 5.41) is 0. The molecule has 0 aliphatic heterocycles. The summed E-state index contributed by atoms with van der Waals surface area (Å²) in [6.07, 6.45) is 3.80. The van der Waals surface area contributed by atoms with Crippen LogP contribution in [-0.4, -0.2) is 15.8 Å². The van der Waals surface area contributed by atoms with Crippen LogP contribution in [0.25, 0.3) is 0 Å². The molecule has 1 aromatic carbocycles. The number of carbonyl (C=O) groups is 1. The average molecular weight is 345 g/mol. The summed E-state index contributed by atoms with van der Waals surface area (Å²) in [6, 6.07) is 8.13. The Labute approximate surface area is 133 Å². The minimum atomic E-state index is -0.00845. The van der Waals surface area contributed by atoms with Crippen molar-refractivity contribution in [3.05, 3.63) is 57.6 Å². The van der Waals surface area contributed by atoms with Crippen molar-refractivity contribution in [1.82, 2.24) is 9.97 Å². The molecule has 0 saturated carbocycles. The van der Waals surface area contributed by atoms with E-state index in [4.69, 9.17) is 0 Å². The highest BCUT2D eigenvalue weighted by Crippen LogP contribution is 2.33. The third-order valence-electron chi connectivity index (χ3n) is 3.75. The van der Waals surface area contributed by atoms with Gasteiger partial charge in [0.05, 0.1) is 11.3 Å². The molecule has 4 heteroatoms. The number of ketones is 1. The van der Waals surface area contributed by atoms with Crippen LogP contribution < -0.4 is 0 Å². The fourth-order valence-electron chi connectivity index (χ4n) is 2.79. The Morgan fingerprint density at radius 3 is 2.86 bits per heavy atom. The maximum absolute atomic E-state index is 12.1. The number of rotatable bonds is 2. The normalized spacial score (nSPS) is 16.6. The quantitative estimate of drug-likeness (QED) is 0.827. The lowest BCUT2D eigenvalue weighted by atomic mass is 9.76. The van der Waals surface area contributed by atoms with Crippen molar-refractivity contribution in [1.29, 1.82) is 0 Å². The molecule has 108 valence electrons. The van der Waals surface area contributed by atoms with Gasteiger partial charge in [-0.15, -0.1) is 0 Å². The second-order valence-electron chi connectivity index (χ2n) is 6.39. The summed E-state index contributed by atoms with van der Waals surface area (Å²) in [5.41, 5.74) is 2.75. The smallest absolute Gasteiger partial charge is 0.166 e. The zero-order valence-corrected chi connectivity index (χ0v) is 13.8. The molecular formula is C17H17BrN2O. The van der Waals surface area contributed by atoms with Crippen LogP contribution in [-0.2, 0) is 12.8 Å². The molecule has 1 aliphatic rings. The molecule has 3 rings (SSSR count). The van der Waals surface area contributed by atoms with Crippen molar-refractivity contribution < 1.29 is 4.79 Å². The zero-order chi connectivity index (χ0) is 15.0. The van der Waals surface area contributed by atoms with Gasteiger partial charge in [-0.25, -0.2) is 9.97 Å². The van der Waals surface area contributed by atoms with E-state index in [1.54, 1.807) is 6.20 Å². The molecule has 0 bridgehead atoms. The predicted molar refractivity (Wildman–Crippen MR) is 85.4 cm³/mol. The van der Waals surface area contributed by atoms with Crippen LogP contribution in [0, 0.1) is 5.41 Å². The van der Waals surface area contributed by atoms with E-state index in [1.165, 1.54) is 0 Å². The van der Waals surface area contributed by atoms with E-state index in [0.29, 0.717) is 18.4 Å². The molecule has 0 N–H and O–H groups in total. The number of hydrogen-bond acceptors (Lipinski definition) is 3. The van der Waals surface area contributed by atoms with E-state index in [0.717, 1.165) is 28.0 Å². The van der Waals surface area contributed by atoms with Crippen LogP contribution in [0.2, 0.25) is 0 Å². The molecule has 0 unspecified atom stereocenters. The lowest BCUT2D eigenvalue weighted by molar-refractivity contribution is 0.0909. The Morgan fingerprint density at radius 1 is 1.29 bits per heavy atom. The monoisotopic (exact) mass is 344 g/mol. The number of nitrogens with zero attached hydrogens (tertiary/aromatic N) is 2. The Bertz CT molecular complexity index is 710. The first kappa shape index (κ1) is 14.4. The van der Waals surface area contributed by atoms with Crippen LogP contribution in [0.3, 0.4) is 0 Å². The Balaban J connectivity index is 1.91. The van der Waals surface area contributed by atoms with E-state index in [2.05, 4.69) is 51.9 Å². The van der Waals surface area contributed by atoms with Gasteiger partial charge >= 0.3 is 0 Å². The standard InChI is InChI=1S/C17H17BrN2O/c1-17(2)8-14-13(15(21)9-17)10-19-16(20-14)7-11-4-3-5-12(18)6-11/h3-6,10H,7-9H2,1-2H3. The molecule has 1 aromatic heterocycles. The van der Waals surface area contributed by atoms with Crippen molar-refractivity contribution in [2.45, 2.75) is 33.1 Å². The van der Waals surface area contributed by atoms with Crippen LogP contribution in [0.5, 0.6) is 0 Å². The summed E-state index contributed by atoms with van der Waals surface area (Å²) in [5.74, 6) is 0.938. The average Bonchev–Trinajstić information content (AvgIpc) is 2.36. The van der Waals surface area contributed by atoms with Gasteiger partial charge in [0.1, 0.15) is 5.82 Å². The molecule has 0 fully saturated rings. The number of carbonyl (C=O) groups excluding carboxylic acids is 1. The van der Waals surface area contributed by atoms with Crippen LogP contribution >= 0.6 is 15.9 Å². The van der Waals surface area contributed by atoms with Gasteiger partial charge in [-0.2, -0.15) is 0 Å². The Hall–Kier alpha value is -1.55. The number of aromatic nitrogens is 2. The third kappa shape index (κ3) is 3.21. The van der Waals surface area contributed by atoms with Crippen molar-refractivity contribution in [3.63, 3.8) is 0 Å². The van der Waals surface area contributed by atoms with Crippen LogP contribution in [0.15, 0.2) is 34.9 Å². The highest BCUT2D eigenvalue weighted by atomic mass is 79.9. The number of Topliss-reactive ketones (excluding diaryl/α,β-unsaturated/α-hetero) is 1. The van der Waals surface area contributed by atoms with Crippen molar-refractivity contribution >= 4 is 21.7 Å². The Kier molecular flexibility index (Phi) is 3.66. The number of benzene rings is 1. The van der Waals surface area contributed by atoms with E-state index >= 15 is 0 Å². The highest BCUT2D eigenvalue weighted by molar-refractivity contribution is 9.10. The number of halogens is 1. The SMILES string of the molecule is CC1(C)CC(=O)c2cnc(Cc3cccc(Br)c3)nc2C1. The van der Waals surface area contributed by atoms with Gasteiger partial charge in [0.25, 0.3) is 0 Å². The molecular weight excluding hydrogens is 328 g/mol. The van der Waals surface area contributed by atoms with Gasteiger partial charge in [0, 0.05) is 23.5 Å². The molecule has 0 atom stereocenters. The lowest BCUT2D eigenvalue weighted by Crippen LogP contribution is -2.28. The predicted octanol–water partition coefficient (Wildman–Crippen LogP) is 3.99. The molecule has 2 aromatic rings. The summed E-state index contributed by atoms with van der Waals surface area (Å²) in [6.45, 7) is 4.23. The molecule has 0 amide bonds. The molecule has 3 nitrogen and oxygen atoms in total.